The first-order valence-electron chi connectivity index (χ1n) is 19.5. The number of amides is 3. The van der Waals surface area contributed by atoms with E-state index in [9.17, 15) is 24.4 Å². The van der Waals surface area contributed by atoms with Gasteiger partial charge in [-0.3, -0.25) is 34.3 Å². The smallest absolute Gasteiger partial charge is 0.258 e. The largest absolute Gasteiger partial charge is 0.331 e. The molecule has 0 spiro atoms. The monoisotopic (exact) mass is 772 g/mol. The first-order valence-corrected chi connectivity index (χ1v) is 20.3. The summed E-state index contributed by atoms with van der Waals surface area (Å²) < 4.78 is 0. The topological polar surface area (TPSA) is 117 Å². The van der Waals surface area contributed by atoms with Crippen molar-refractivity contribution in [1.82, 2.24) is 20.0 Å². The lowest BCUT2D eigenvalue weighted by molar-refractivity contribution is -0.136. The van der Waals surface area contributed by atoms with Crippen LogP contribution >= 0.6 is 23.8 Å². The number of halogens is 1. The number of hydrogen-bond donors (Lipinski definition) is 1. The number of carbonyl (C=O) groups is 4. The molecule has 4 fully saturated rings. The van der Waals surface area contributed by atoms with Crippen LogP contribution in [0.5, 0.6) is 0 Å². The van der Waals surface area contributed by atoms with Crippen molar-refractivity contribution in [2.24, 2.45) is 11.8 Å². The van der Waals surface area contributed by atoms with Gasteiger partial charge >= 0.3 is 0 Å². The Hall–Kier alpha value is -3.69. The van der Waals surface area contributed by atoms with Gasteiger partial charge in [-0.2, -0.15) is 5.26 Å². The molecule has 3 atom stereocenters. The van der Waals surface area contributed by atoms with E-state index in [1.807, 2.05) is 38.1 Å². The SMILES string of the molecule is C[C@@H]1CN(CCCC2CCC(N3C(=S)N(c4ccc(C#N)c(Cl)c4)C(=O)C3(C)C)CC2)C[C@H](C)N1CC(=O)Cc1cccc(CC2CCC(=O)NC2=O)c1. The number of thiocarbonyl (C=S) groups is 1. The summed E-state index contributed by atoms with van der Waals surface area (Å²) in [5.74, 6) is 0.164. The Morgan fingerprint density at radius 2 is 1.70 bits per heavy atom. The van der Waals surface area contributed by atoms with E-state index in [0.717, 1.165) is 62.9 Å². The Morgan fingerprint density at radius 3 is 2.37 bits per heavy atom. The number of imide groups is 1. The van der Waals surface area contributed by atoms with Crippen LogP contribution in [0.15, 0.2) is 42.5 Å². The maximum absolute atomic E-state index is 13.6. The molecule has 6 rings (SSSR count). The van der Waals surface area contributed by atoms with Crippen LogP contribution in [0.4, 0.5) is 5.69 Å². The van der Waals surface area contributed by atoms with Gasteiger partial charge in [0.2, 0.25) is 11.8 Å². The molecule has 12 heteroatoms. The molecule has 3 aliphatic heterocycles. The summed E-state index contributed by atoms with van der Waals surface area (Å²) in [6, 6.07) is 15.8. The van der Waals surface area contributed by atoms with E-state index in [-0.39, 0.29) is 47.5 Å². The summed E-state index contributed by atoms with van der Waals surface area (Å²) in [5.41, 5.74) is 2.19. The first kappa shape index (κ1) is 40.0. The highest BCUT2D eigenvalue weighted by Crippen LogP contribution is 2.40. The molecule has 288 valence electrons. The Bertz CT molecular complexity index is 1810. The summed E-state index contributed by atoms with van der Waals surface area (Å²) in [5, 5.41) is 12.5. The zero-order valence-electron chi connectivity index (χ0n) is 32.0. The molecule has 1 aliphatic carbocycles. The molecule has 3 amide bonds. The molecule has 2 aromatic carbocycles. The number of nitrogens with one attached hydrogen (secondary N) is 1. The number of ketones is 1. The van der Waals surface area contributed by atoms with Crippen molar-refractivity contribution in [1.29, 1.82) is 5.26 Å². The molecule has 10 nitrogen and oxygen atoms in total. The van der Waals surface area contributed by atoms with Crippen molar-refractivity contribution in [2.45, 2.75) is 116 Å². The maximum atomic E-state index is 13.6. The number of carbonyl (C=O) groups excluding carboxylic acids is 4. The van der Waals surface area contributed by atoms with Crippen LogP contribution < -0.4 is 10.2 Å². The van der Waals surface area contributed by atoms with E-state index in [0.29, 0.717) is 59.5 Å². The highest BCUT2D eigenvalue weighted by atomic mass is 35.5. The molecule has 3 saturated heterocycles. The van der Waals surface area contributed by atoms with E-state index in [2.05, 4.69) is 39.9 Å². The normalized spacial score (nSPS) is 26.6. The summed E-state index contributed by atoms with van der Waals surface area (Å²) in [6.45, 7) is 11.7. The van der Waals surface area contributed by atoms with Crippen LogP contribution in [-0.2, 0) is 32.0 Å². The second-order valence-corrected chi connectivity index (χ2v) is 17.2. The minimum Gasteiger partial charge on any atom is -0.331 e. The van der Waals surface area contributed by atoms with E-state index < -0.39 is 5.54 Å². The Labute approximate surface area is 330 Å². The molecule has 0 bridgehead atoms. The van der Waals surface area contributed by atoms with Gasteiger partial charge in [-0.25, -0.2) is 0 Å². The Kier molecular flexibility index (Phi) is 12.6. The van der Waals surface area contributed by atoms with Gasteiger partial charge in [0.05, 0.1) is 22.8 Å². The lowest BCUT2D eigenvalue weighted by Gasteiger charge is -2.44. The highest BCUT2D eigenvalue weighted by Gasteiger charge is 2.52. The number of nitriles is 1. The van der Waals surface area contributed by atoms with Gasteiger partial charge < -0.3 is 9.80 Å². The molecule has 0 aromatic heterocycles. The second kappa shape index (κ2) is 17.0. The minimum atomic E-state index is -0.764. The standard InChI is InChI=1S/C42H53ClN6O4S/c1-27-24-46(25-28(2)47(27)26-36(50)21-31-8-5-7-30(19-31)20-32-13-17-38(51)45-39(32)52)18-6-9-29-10-14-34(15-11-29)49-41(54)48(40(53)42(49,3)4)35-16-12-33(23-44)37(43)22-35/h5,7-8,12,16,19,22,27-29,32,34H,6,9-11,13-15,17-18,20-21,24-26H2,1-4H3,(H,45,51,52)/t27-,28+,29?,32?,34?. The van der Waals surface area contributed by atoms with Crippen LogP contribution in [0.25, 0.3) is 0 Å². The lowest BCUT2D eigenvalue weighted by Crippen LogP contribution is -2.58. The average molecular weight is 773 g/mol. The van der Waals surface area contributed by atoms with Crippen molar-refractivity contribution >= 4 is 58.1 Å². The Balaban J connectivity index is 0.927. The van der Waals surface area contributed by atoms with E-state index in [4.69, 9.17) is 23.8 Å². The molecular weight excluding hydrogens is 720 g/mol. The van der Waals surface area contributed by atoms with E-state index >= 15 is 0 Å². The molecule has 0 radical (unpaired) electrons. The summed E-state index contributed by atoms with van der Waals surface area (Å²) in [6.07, 6.45) is 8.41. The lowest BCUT2D eigenvalue weighted by atomic mass is 9.82. The number of hydrogen-bond acceptors (Lipinski definition) is 8. The second-order valence-electron chi connectivity index (χ2n) is 16.5. The summed E-state index contributed by atoms with van der Waals surface area (Å²) in [4.78, 5) is 59.3. The zero-order valence-corrected chi connectivity index (χ0v) is 33.6. The fourth-order valence-corrected chi connectivity index (χ4v) is 9.99. The van der Waals surface area contributed by atoms with Gasteiger partial charge in [0.15, 0.2) is 10.9 Å². The van der Waals surface area contributed by atoms with Gasteiger partial charge in [0.1, 0.15) is 11.6 Å². The van der Waals surface area contributed by atoms with Gasteiger partial charge in [-0.05, 0) is 133 Å². The predicted octanol–water partition coefficient (Wildman–Crippen LogP) is 6.06. The van der Waals surface area contributed by atoms with Crippen molar-refractivity contribution in [3.05, 3.63) is 64.2 Å². The molecule has 4 aliphatic rings. The number of piperazine rings is 1. The number of nitrogens with zero attached hydrogens (tertiary/aromatic N) is 5. The van der Waals surface area contributed by atoms with Crippen molar-refractivity contribution in [3.63, 3.8) is 0 Å². The van der Waals surface area contributed by atoms with Crippen molar-refractivity contribution in [3.8, 4) is 6.07 Å². The fourth-order valence-electron chi connectivity index (χ4n) is 9.21. The molecular formula is C42H53ClN6O4S. The molecule has 3 heterocycles. The molecule has 1 N–H and O–H groups in total. The predicted molar refractivity (Wildman–Crippen MR) is 214 cm³/mol. The number of rotatable bonds is 12. The molecule has 1 saturated carbocycles. The van der Waals surface area contributed by atoms with Crippen LogP contribution in [0.3, 0.4) is 0 Å². The van der Waals surface area contributed by atoms with Gasteiger partial charge in [-0.1, -0.05) is 35.9 Å². The third-order valence-electron chi connectivity index (χ3n) is 12.1. The van der Waals surface area contributed by atoms with Crippen molar-refractivity contribution < 1.29 is 19.2 Å². The van der Waals surface area contributed by atoms with Crippen LogP contribution in [0.2, 0.25) is 5.02 Å². The van der Waals surface area contributed by atoms with Crippen molar-refractivity contribution in [2.75, 3.05) is 31.1 Å². The zero-order chi connectivity index (χ0) is 38.7. The summed E-state index contributed by atoms with van der Waals surface area (Å²) >= 11 is 12.2. The molecule has 1 unspecified atom stereocenters. The summed E-state index contributed by atoms with van der Waals surface area (Å²) in [7, 11) is 0. The quantitative estimate of drug-likeness (QED) is 0.203. The highest BCUT2D eigenvalue weighted by molar-refractivity contribution is 7.80. The Morgan fingerprint density at radius 1 is 1.00 bits per heavy atom. The number of benzene rings is 2. The number of piperidine rings is 1. The molecule has 54 heavy (non-hydrogen) atoms. The number of anilines is 1. The van der Waals surface area contributed by atoms with Crippen LogP contribution in [0.1, 0.15) is 95.8 Å². The average Bonchev–Trinajstić information content (AvgIpc) is 3.30. The van der Waals surface area contributed by atoms with Gasteiger partial charge in [-0.15, -0.1) is 0 Å². The minimum absolute atomic E-state index is 0.0721. The van der Waals surface area contributed by atoms with Crippen LogP contribution in [-0.4, -0.2) is 93.2 Å². The van der Waals surface area contributed by atoms with E-state index in [1.54, 1.807) is 23.1 Å². The number of Topliss-reactive ketones (excluding diaryl/α,β-unsaturated/α-hetero) is 1. The third kappa shape index (κ3) is 8.89. The maximum Gasteiger partial charge on any atom is 0.258 e. The van der Waals surface area contributed by atoms with Gasteiger partial charge in [0.25, 0.3) is 5.91 Å². The third-order valence-corrected chi connectivity index (χ3v) is 12.8. The van der Waals surface area contributed by atoms with E-state index in [1.165, 1.54) is 6.42 Å². The van der Waals surface area contributed by atoms with Crippen LogP contribution in [0, 0.1) is 23.2 Å². The molecule has 2 aromatic rings. The van der Waals surface area contributed by atoms with Gasteiger partial charge in [0, 0.05) is 50.0 Å². The first-order chi connectivity index (χ1) is 25.7. The fraction of sp³-hybridized carbons (Fsp3) is 0.571.